The van der Waals surface area contributed by atoms with Crippen molar-refractivity contribution in [2.45, 2.75) is 6.42 Å². The Hall–Kier alpha value is -0.420. The highest BCUT2D eigenvalue weighted by molar-refractivity contribution is 9.10. The van der Waals surface area contributed by atoms with Crippen LogP contribution in [0.4, 0.5) is 5.82 Å². The summed E-state index contributed by atoms with van der Waals surface area (Å²) in [4.78, 5) is 15.2. The number of anilines is 1. The molecule has 1 aromatic heterocycles. The average molecular weight is 308 g/mol. The first-order valence-corrected chi connectivity index (χ1v) is 5.62. The van der Waals surface area contributed by atoms with Crippen molar-refractivity contribution in [2.75, 3.05) is 10.6 Å². The van der Waals surface area contributed by atoms with Gasteiger partial charge >= 0.3 is 0 Å². The summed E-state index contributed by atoms with van der Waals surface area (Å²) in [5.74, 6) is 0.518. The molecule has 1 amide bonds. The third-order valence-corrected chi connectivity index (χ3v) is 2.37. The maximum Gasteiger partial charge on any atom is 0.226 e. The molecule has 0 aliphatic rings. The van der Waals surface area contributed by atoms with Gasteiger partial charge in [0.05, 0.1) is 4.47 Å². The zero-order valence-electron chi connectivity index (χ0n) is 6.76. The fourth-order valence-electron chi connectivity index (χ4n) is 0.758. The Labute approximate surface area is 93.2 Å². The minimum absolute atomic E-state index is 0.0451. The molecule has 1 rings (SSSR count). The Kier molecular flexibility index (Phi) is 4.38. The topological polar surface area (TPSA) is 42.0 Å². The molecule has 0 atom stereocenters. The molecule has 5 heteroatoms. The van der Waals surface area contributed by atoms with Gasteiger partial charge in [0, 0.05) is 17.9 Å². The van der Waals surface area contributed by atoms with Crippen molar-refractivity contribution in [2.24, 2.45) is 0 Å². The zero-order chi connectivity index (χ0) is 9.68. The van der Waals surface area contributed by atoms with E-state index in [9.17, 15) is 4.79 Å². The summed E-state index contributed by atoms with van der Waals surface area (Å²) in [6.45, 7) is 0. The average Bonchev–Trinajstić information content (AvgIpc) is 2.09. The minimum atomic E-state index is -0.0451. The van der Waals surface area contributed by atoms with Crippen molar-refractivity contribution >= 4 is 43.6 Å². The number of amides is 1. The monoisotopic (exact) mass is 306 g/mol. The van der Waals surface area contributed by atoms with Crippen LogP contribution in [0.15, 0.2) is 22.8 Å². The second kappa shape index (κ2) is 5.34. The molecule has 13 heavy (non-hydrogen) atoms. The van der Waals surface area contributed by atoms with E-state index in [2.05, 4.69) is 42.2 Å². The van der Waals surface area contributed by atoms with Gasteiger partial charge < -0.3 is 5.32 Å². The Morgan fingerprint density at radius 3 is 3.00 bits per heavy atom. The molecule has 0 aliphatic heterocycles. The van der Waals surface area contributed by atoms with Crippen molar-refractivity contribution in [1.29, 1.82) is 0 Å². The van der Waals surface area contributed by atoms with E-state index in [0.29, 0.717) is 17.6 Å². The first-order chi connectivity index (χ1) is 6.24. The first kappa shape index (κ1) is 10.7. The van der Waals surface area contributed by atoms with E-state index < -0.39 is 0 Å². The smallest absolute Gasteiger partial charge is 0.226 e. The highest BCUT2D eigenvalue weighted by Gasteiger charge is 2.04. The van der Waals surface area contributed by atoms with Crippen LogP contribution in [0.25, 0.3) is 0 Å². The molecule has 1 heterocycles. The van der Waals surface area contributed by atoms with Gasteiger partial charge in [0.2, 0.25) is 5.91 Å². The van der Waals surface area contributed by atoms with E-state index in [1.807, 2.05) is 6.07 Å². The van der Waals surface area contributed by atoms with Crippen molar-refractivity contribution in [3.05, 3.63) is 22.8 Å². The molecule has 1 N–H and O–H groups in total. The second-order valence-corrected chi connectivity index (χ2v) is 3.97. The molecule has 0 aromatic carbocycles. The van der Waals surface area contributed by atoms with E-state index in [0.717, 1.165) is 4.47 Å². The zero-order valence-corrected chi connectivity index (χ0v) is 9.93. The molecule has 0 aliphatic carbocycles. The van der Waals surface area contributed by atoms with Crippen molar-refractivity contribution in [3.8, 4) is 0 Å². The van der Waals surface area contributed by atoms with Crippen LogP contribution in [0.2, 0.25) is 0 Å². The van der Waals surface area contributed by atoms with Crippen LogP contribution < -0.4 is 5.32 Å². The van der Waals surface area contributed by atoms with Gasteiger partial charge in [-0.3, -0.25) is 4.79 Å². The maximum absolute atomic E-state index is 11.2. The fourth-order valence-corrected chi connectivity index (χ4v) is 1.47. The largest absolute Gasteiger partial charge is 0.310 e. The number of aromatic nitrogens is 1. The molecule has 0 unspecified atom stereocenters. The summed E-state index contributed by atoms with van der Waals surface area (Å²) in [6.07, 6.45) is 2.08. The van der Waals surface area contributed by atoms with Crippen LogP contribution in [0.3, 0.4) is 0 Å². The molecule has 1 aromatic rings. The second-order valence-electron chi connectivity index (χ2n) is 2.32. The molecule has 0 fully saturated rings. The molecule has 0 bridgehead atoms. The number of hydrogen-bond donors (Lipinski definition) is 1. The van der Waals surface area contributed by atoms with E-state index in [1.165, 1.54) is 0 Å². The summed E-state index contributed by atoms with van der Waals surface area (Å²) in [6, 6.07) is 3.63. The van der Waals surface area contributed by atoms with Gasteiger partial charge in [-0.15, -0.1) is 0 Å². The molecule has 0 radical (unpaired) electrons. The van der Waals surface area contributed by atoms with Crippen LogP contribution in [0.5, 0.6) is 0 Å². The number of pyridine rings is 1. The number of hydrogen-bond acceptors (Lipinski definition) is 2. The molecule has 0 saturated carbocycles. The molecular formula is C8H8Br2N2O. The van der Waals surface area contributed by atoms with E-state index in [1.54, 1.807) is 12.3 Å². The van der Waals surface area contributed by atoms with E-state index >= 15 is 0 Å². The van der Waals surface area contributed by atoms with Crippen LogP contribution in [-0.4, -0.2) is 16.2 Å². The predicted octanol–water partition coefficient (Wildman–Crippen LogP) is 2.57. The van der Waals surface area contributed by atoms with Crippen LogP contribution >= 0.6 is 31.9 Å². The summed E-state index contributed by atoms with van der Waals surface area (Å²) in [7, 11) is 0. The molecule has 3 nitrogen and oxygen atoms in total. The van der Waals surface area contributed by atoms with Gasteiger partial charge in [-0.25, -0.2) is 4.98 Å². The number of nitrogens with zero attached hydrogens (tertiary/aromatic N) is 1. The van der Waals surface area contributed by atoms with Crippen LogP contribution in [0.1, 0.15) is 6.42 Å². The Morgan fingerprint density at radius 1 is 1.62 bits per heavy atom. The maximum atomic E-state index is 11.2. The first-order valence-electron chi connectivity index (χ1n) is 3.70. The number of alkyl halides is 1. The standard InChI is InChI=1S/C8H8Br2N2O/c9-4-3-7(13)12-8-6(10)2-1-5-11-8/h1-2,5H,3-4H2,(H,11,12,13). The minimum Gasteiger partial charge on any atom is -0.310 e. The lowest BCUT2D eigenvalue weighted by atomic mass is 10.4. The normalized spacial score (nSPS) is 9.69. The Bertz CT molecular complexity index is 304. The highest BCUT2D eigenvalue weighted by Crippen LogP contribution is 2.18. The van der Waals surface area contributed by atoms with Gasteiger partial charge in [0.15, 0.2) is 0 Å². The number of nitrogens with one attached hydrogen (secondary N) is 1. The highest BCUT2D eigenvalue weighted by atomic mass is 79.9. The lowest BCUT2D eigenvalue weighted by Crippen LogP contribution is -2.12. The Morgan fingerprint density at radius 2 is 2.38 bits per heavy atom. The molecule has 70 valence electrons. The molecular weight excluding hydrogens is 300 g/mol. The van der Waals surface area contributed by atoms with Crippen molar-refractivity contribution in [1.82, 2.24) is 4.98 Å². The SMILES string of the molecule is O=C(CCBr)Nc1ncccc1Br. The predicted molar refractivity (Wildman–Crippen MR) is 59.0 cm³/mol. The Balaban J connectivity index is 2.63. The summed E-state index contributed by atoms with van der Waals surface area (Å²) < 4.78 is 0.790. The van der Waals surface area contributed by atoms with Crippen LogP contribution in [-0.2, 0) is 4.79 Å². The van der Waals surface area contributed by atoms with Crippen molar-refractivity contribution < 1.29 is 4.79 Å². The van der Waals surface area contributed by atoms with Crippen LogP contribution in [0, 0.1) is 0 Å². The number of carbonyl (C=O) groups excluding carboxylic acids is 1. The van der Waals surface area contributed by atoms with Gasteiger partial charge in [-0.05, 0) is 28.1 Å². The quantitative estimate of drug-likeness (QED) is 0.872. The number of halogens is 2. The molecule has 0 saturated heterocycles. The van der Waals surface area contributed by atoms with E-state index in [4.69, 9.17) is 0 Å². The number of rotatable bonds is 3. The lowest BCUT2D eigenvalue weighted by molar-refractivity contribution is -0.115. The lowest BCUT2D eigenvalue weighted by Gasteiger charge is -2.03. The van der Waals surface area contributed by atoms with Crippen molar-refractivity contribution in [3.63, 3.8) is 0 Å². The summed E-state index contributed by atoms with van der Waals surface area (Å²) in [5, 5.41) is 3.34. The van der Waals surface area contributed by atoms with Gasteiger partial charge in [0.1, 0.15) is 5.82 Å². The third kappa shape index (κ3) is 3.44. The van der Waals surface area contributed by atoms with Gasteiger partial charge in [-0.1, -0.05) is 15.9 Å². The van der Waals surface area contributed by atoms with Gasteiger partial charge in [0.25, 0.3) is 0 Å². The molecule has 0 spiro atoms. The summed E-state index contributed by atoms with van der Waals surface area (Å²) in [5.41, 5.74) is 0. The fraction of sp³-hybridized carbons (Fsp3) is 0.250. The third-order valence-electron chi connectivity index (χ3n) is 1.34. The van der Waals surface area contributed by atoms with E-state index in [-0.39, 0.29) is 5.91 Å². The van der Waals surface area contributed by atoms with Gasteiger partial charge in [-0.2, -0.15) is 0 Å². The summed E-state index contributed by atoms with van der Waals surface area (Å²) >= 11 is 6.48. The number of carbonyl (C=O) groups is 1.